The molecule has 0 bridgehead atoms. The van der Waals surface area contributed by atoms with Gasteiger partial charge in [-0.15, -0.1) is 0 Å². The topological polar surface area (TPSA) is 12.9 Å². The first-order valence-electron chi connectivity index (χ1n) is 5.63. The third-order valence-electron chi connectivity index (χ3n) is 2.77. The van der Waals surface area contributed by atoms with E-state index in [2.05, 4.69) is 4.98 Å². The predicted octanol–water partition coefficient (Wildman–Crippen LogP) is 4.14. The van der Waals surface area contributed by atoms with Crippen molar-refractivity contribution in [1.29, 1.82) is 0 Å². The molecule has 0 fully saturated rings. The van der Waals surface area contributed by atoms with E-state index in [0.29, 0.717) is 5.56 Å². The van der Waals surface area contributed by atoms with E-state index in [1.807, 2.05) is 0 Å². The standard InChI is InChI=1S/C14H11F4N/c1-9-13(14(16,17)18)7-11(8-19-9)6-10-2-4-12(15)5-3-10/h2-5,7-8H,6H2,1H3. The number of nitrogens with zero attached hydrogens (tertiary/aromatic N) is 1. The molecule has 5 heteroatoms. The Kier molecular flexibility index (Phi) is 3.55. The third kappa shape index (κ3) is 3.30. The summed E-state index contributed by atoms with van der Waals surface area (Å²) in [4.78, 5) is 3.77. The van der Waals surface area contributed by atoms with Crippen LogP contribution in [0.15, 0.2) is 36.5 Å². The van der Waals surface area contributed by atoms with Crippen molar-refractivity contribution in [3.63, 3.8) is 0 Å². The molecule has 1 nitrogen and oxygen atoms in total. The summed E-state index contributed by atoms with van der Waals surface area (Å²) in [7, 11) is 0. The predicted molar refractivity (Wildman–Crippen MR) is 63.2 cm³/mol. The van der Waals surface area contributed by atoms with Gasteiger partial charge in [0.2, 0.25) is 0 Å². The van der Waals surface area contributed by atoms with Crippen LogP contribution in [0.2, 0.25) is 0 Å². The highest BCUT2D eigenvalue weighted by Crippen LogP contribution is 2.31. The van der Waals surface area contributed by atoms with E-state index in [0.717, 1.165) is 11.6 Å². The van der Waals surface area contributed by atoms with Gasteiger partial charge in [-0.25, -0.2) is 4.39 Å². The normalized spacial score (nSPS) is 11.6. The lowest BCUT2D eigenvalue weighted by molar-refractivity contribution is -0.138. The molecule has 0 N–H and O–H groups in total. The summed E-state index contributed by atoms with van der Waals surface area (Å²) in [6, 6.07) is 6.74. The first kappa shape index (κ1) is 13.5. The number of halogens is 4. The van der Waals surface area contributed by atoms with Crippen molar-refractivity contribution in [2.45, 2.75) is 19.5 Å². The van der Waals surface area contributed by atoms with Gasteiger partial charge in [0.05, 0.1) is 5.56 Å². The zero-order valence-corrected chi connectivity index (χ0v) is 10.1. The molecule has 19 heavy (non-hydrogen) atoms. The summed E-state index contributed by atoms with van der Waals surface area (Å²) in [6.45, 7) is 1.32. The van der Waals surface area contributed by atoms with Crippen LogP contribution in [-0.2, 0) is 12.6 Å². The van der Waals surface area contributed by atoms with E-state index < -0.39 is 11.7 Å². The Morgan fingerprint density at radius 1 is 1.05 bits per heavy atom. The van der Waals surface area contributed by atoms with E-state index in [4.69, 9.17) is 0 Å². The molecular formula is C14H11F4N. The van der Waals surface area contributed by atoms with E-state index in [9.17, 15) is 17.6 Å². The number of hydrogen-bond acceptors (Lipinski definition) is 1. The molecule has 1 heterocycles. The molecule has 2 rings (SSSR count). The van der Waals surface area contributed by atoms with Crippen molar-refractivity contribution in [2.75, 3.05) is 0 Å². The molecule has 0 radical (unpaired) electrons. The monoisotopic (exact) mass is 269 g/mol. The highest BCUT2D eigenvalue weighted by atomic mass is 19.4. The molecular weight excluding hydrogens is 258 g/mol. The molecule has 0 unspecified atom stereocenters. The molecule has 0 saturated carbocycles. The molecule has 0 atom stereocenters. The maximum Gasteiger partial charge on any atom is 0.418 e. The fourth-order valence-electron chi connectivity index (χ4n) is 1.80. The van der Waals surface area contributed by atoms with Gasteiger partial charge in [-0.3, -0.25) is 4.98 Å². The Morgan fingerprint density at radius 2 is 1.68 bits per heavy atom. The number of pyridine rings is 1. The van der Waals surface area contributed by atoms with Crippen LogP contribution in [0.1, 0.15) is 22.4 Å². The van der Waals surface area contributed by atoms with Crippen molar-refractivity contribution in [3.05, 3.63) is 64.7 Å². The average Bonchev–Trinajstić information content (AvgIpc) is 2.33. The van der Waals surface area contributed by atoms with Crippen LogP contribution >= 0.6 is 0 Å². The fraction of sp³-hybridized carbons (Fsp3) is 0.214. The quantitative estimate of drug-likeness (QED) is 0.747. The zero-order chi connectivity index (χ0) is 14.0. The third-order valence-corrected chi connectivity index (χ3v) is 2.77. The molecule has 0 saturated heterocycles. The molecule has 0 aliphatic carbocycles. The lowest BCUT2D eigenvalue weighted by Crippen LogP contribution is -2.09. The fourth-order valence-corrected chi connectivity index (χ4v) is 1.80. The van der Waals surface area contributed by atoms with Crippen molar-refractivity contribution in [3.8, 4) is 0 Å². The summed E-state index contributed by atoms with van der Waals surface area (Å²) >= 11 is 0. The van der Waals surface area contributed by atoms with Crippen LogP contribution in [0.4, 0.5) is 17.6 Å². The second kappa shape index (κ2) is 4.99. The van der Waals surface area contributed by atoms with E-state index in [1.165, 1.54) is 25.3 Å². The molecule has 1 aromatic carbocycles. The van der Waals surface area contributed by atoms with Crippen molar-refractivity contribution < 1.29 is 17.6 Å². The van der Waals surface area contributed by atoms with Crippen LogP contribution in [0, 0.1) is 12.7 Å². The lowest BCUT2D eigenvalue weighted by Gasteiger charge is -2.11. The first-order valence-corrected chi connectivity index (χ1v) is 5.63. The van der Waals surface area contributed by atoms with Gasteiger partial charge in [0, 0.05) is 11.9 Å². The second-order valence-corrected chi connectivity index (χ2v) is 4.28. The maximum absolute atomic E-state index is 12.7. The van der Waals surface area contributed by atoms with Crippen LogP contribution in [-0.4, -0.2) is 4.98 Å². The summed E-state index contributed by atoms with van der Waals surface area (Å²) < 4.78 is 50.9. The Balaban J connectivity index is 2.29. The molecule has 0 aliphatic heterocycles. The minimum absolute atomic E-state index is 0.0460. The minimum atomic E-state index is -4.41. The smallest absolute Gasteiger partial charge is 0.261 e. The van der Waals surface area contributed by atoms with Crippen LogP contribution in [0.5, 0.6) is 0 Å². The van der Waals surface area contributed by atoms with Crippen LogP contribution in [0.25, 0.3) is 0 Å². The summed E-state index contributed by atoms with van der Waals surface area (Å²) in [5.41, 5.74) is 0.409. The number of aryl methyl sites for hydroxylation is 1. The van der Waals surface area contributed by atoms with Gasteiger partial charge in [0.15, 0.2) is 0 Å². The largest absolute Gasteiger partial charge is 0.418 e. The Morgan fingerprint density at radius 3 is 2.26 bits per heavy atom. The van der Waals surface area contributed by atoms with Crippen molar-refractivity contribution >= 4 is 0 Å². The van der Waals surface area contributed by atoms with E-state index >= 15 is 0 Å². The molecule has 0 aliphatic rings. The summed E-state index contributed by atoms with van der Waals surface area (Å²) in [5.74, 6) is -0.373. The Bertz CT molecular complexity index is 573. The Labute approximate surface area is 107 Å². The zero-order valence-electron chi connectivity index (χ0n) is 10.1. The maximum atomic E-state index is 12.7. The summed E-state index contributed by atoms with van der Waals surface area (Å²) in [5, 5.41) is 0. The average molecular weight is 269 g/mol. The van der Waals surface area contributed by atoms with Gasteiger partial charge in [-0.2, -0.15) is 13.2 Å². The van der Waals surface area contributed by atoms with Crippen LogP contribution < -0.4 is 0 Å². The molecule has 100 valence electrons. The highest BCUT2D eigenvalue weighted by Gasteiger charge is 2.33. The minimum Gasteiger partial charge on any atom is -0.261 e. The number of hydrogen-bond donors (Lipinski definition) is 0. The molecule has 0 spiro atoms. The molecule has 0 amide bonds. The van der Waals surface area contributed by atoms with Crippen molar-refractivity contribution in [1.82, 2.24) is 4.98 Å². The lowest BCUT2D eigenvalue weighted by atomic mass is 10.0. The van der Waals surface area contributed by atoms with E-state index in [-0.39, 0.29) is 17.9 Å². The first-order chi connectivity index (χ1) is 8.86. The van der Waals surface area contributed by atoms with Gasteiger partial charge >= 0.3 is 6.18 Å². The second-order valence-electron chi connectivity index (χ2n) is 4.28. The molecule has 1 aromatic heterocycles. The van der Waals surface area contributed by atoms with Gasteiger partial charge in [-0.1, -0.05) is 12.1 Å². The number of aromatic nitrogens is 1. The van der Waals surface area contributed by atoms with Crippen LogP contribution in [0.3, 0.4) is 0 Å². The number of rotatable bonds is 2. The van der Waals surface area contributed by atoms with Gasteiger partial charge < -0.3 is 0 Å². The van der Waals surface area contributed by atoms with Gasteiger partial charge in [-0.05, 0) is 42.7 Å². The Hall–Kier alpha value is -1.91. The molecule has 2 aromatic rings. The SMILES string of the molecule is Cc1ncc(Cc2ccc(F)cc2)cc1C(F)(F)F. The van der Waals surface area contributed by atoms with Gasteiger partial charge in [0.1, 0.15) is 5.82 Å². The highest BCUT2D eigenvalue weighted by molar-refractivity contribution is 5.31. The number of benzene rings is 1. The summed E-state index contributed by atoms with van der Waals surface area (Å²) in [6.07, 6.45) is -2.71. The van der Waals surface area contributed by atoms with E-state index in [1.54, 1.807) is 12.1 Å². The van der Waals surface area contributed by atoms with Crippen molar-refractivity contribution in [2.24, 2.45) is 0 Å². The van der Waals surface area contributed by atoms with Gasteiger partial charge in [0.25, 0.3) is 0 Å². The number of alkyl halides is 3.